The molecule has 0 aliphatic carbocycles. The van der Waals surface area contributed by atoms with Gasteiger partial charge in [0.2, 0.25) is 5.95 Å². The molecule has 36 heavy (non-hydrogen) atoms. The van der Waals surface area contributed by atoms with E-state index in [9.17, 15) is 14.9 Å². The molecule has 180 valence electrons. The average molecular weight is 483 g/mol. The van der Waals surface area contributed by atoms with Crippen molar-refractivity contribution < 1.29 is 14.5 Å². The molecule has 1 atom stereocenters. The predicted octanol–water partition coefficient (Wildman–Crippen LogP) is 4.79. The highest BCUT2D eigenvalue weighted by Gasteiger charge is 2.34. The number of benzene rings is 3. The van der Waals surface area contributed by atoms with Gasteiger partial charge in [-0.15, -0.1) is 5.10 Å². The van der Waals surface area contributed by atoms with Crippen LogP contribution in [0.3, 0.4) is 0 Å². The Bertz CT molecular complexity index is 1500. The molecule has 1 amide bonds. The van der Waals surface area contributed by atoms with E-state index in [1.54, 1.807) is 43.0 Å². The number of nitrogens with zero attached hydrogens (tertiary/aromatic N) is 4. The molecule has 2 N–H and O–H groups in total. The number of para-hydroxylation sites is 2. The van der Waals surface area contributed by atoms with Gasteiger partial charge < -0.3 is 15.4 Å². The number of anilines is 2. The second-order valence-electron chi connectivity index (χ2n) is 8.14. The standard InChI is InChI=1S/C26H22N6O4/c1-16-22(25(33)28-20-13-6-7-14-21(20)36-2)23(17-9-4-3-5-10-17)31-26(27-16)29-24(30-31)18-11-8-12-19(15-18)32(34)35/h3-15,23H,1-2H3,(H,28,33)(H,27,29,30). The minimum absolute atomic E-state index is 0.0565. The summed E-state index contributed by atoms with van der Waals surface area (Å²) in [5.74, 6) is 0.952. The van der Waals surface area contributed by atoms with E-state index in [0.29, 0.717) is 40.0 Å². The normalized spacial score (nSPS) is 14.6. The van der Waals surface area contributed by atoms with E-state index in [4.69, 9.17) is 4.74 Å². The molecule has 1 aliphatic heterocycles. The largest absolute Gasteiger partial charge is 0.495 e. The smallest absolute Gasteiger partial charge is 0.270 e. The fraction of sp³-hybridized carbons (Fsp3) is 0.115. The molecular weight excluding hydrogens is 460 g/mol. The molecule has 10 nitrogen and oxygen atoms in total. The van der Waals surface area contributed by atoms with Crippen molar-refractivity contribution in [3.63, 3.8) is 0 Å². The van der Waals surface area contributed by atoms with Crippen LogP contribution in [0.1, 0.15) is 18.5 Å². The molecule has 0 saturated carbocycles. The van der Waals surface area contributed by atoms with Gasteiger partial charge in [-0.1, -0.05) is 54.6 Å². The number of ether oxygens (including phenoxy) is 1. The first-order chi connectivity index (χ1) is 17.5. The Hall–Kier alpha value is -4.99. The zero-order valence-corrected chi connectivity index (χ0v) is 19.5. The number of nitro benzene ring substituents is 1. The van der Waals surface area contributed by atoms with E-state index < -0.39 is 11.0 Å². The number of amides is 1. The van der Waals surface area contributed by atoms with Gasteiger partial charge >= 0.3 is 0 Å². The number of fused-ring (bicyclic) bond motifs is 1. The van der Waals surface area contributed by atoms with Crippen LogP contribution in [0.25, 0.3) is 11.4 Å². The lowest BCUT2D eigenvalue weighted by Crippen LogP contribution is -2.31. The van der Waals surface area contributed by atoms with Gasteiger partial charge in [0.1, 0.15) is 11.8 Å². The number of non-ortho nitro benzene ring substituents is 1. The van der Waals surface area contributed by atoms with Crippen LogP contribution in [0, 0.1) is 10.1 Å². The number of nitro groups is 1. The van der Waals surface area contributed by atoms with Crippen LogP contribution in [-0.4, -0.2) is 32.7 Å². The molecule has 3 aromatic carbocycles. The van der Waals surface area contributed by atoms with Gasteiger partial charge in [0.15, 0.2) is 5.82 Å². The number of hydrogen-bond donors (Lipinski definition) is 2. The van der Waals surface area contributed by atoms with E-state index >= 15 is 0 Å². The summed E-state index contributed by atoms with van der Waals surface area (Å²) in [6, 6.07) is 22.2. The quantitative estimate of drug-likeness (QED) is 0.299. The average Bonchev–Trinajstić information content (AvgIpc) is 3.32. The van der Waals surface area contributed by atoms with E-state index in [1.807, 2.05) is 42.5 Å². The van der Waals surface area contributed by atoms with Gasteiger partial charge in [0, 0.05) is 23.4 Å². The molecule has 0 bridgehead atoms. The third kappa shape index (κ3) is 4.16. The lowest BCUT2D eigenvalue weighted by Gasteiger charge is -2.28. The number of rotatable bonds is 6. The Balaban J connectivity index is 1.59. The maximum absolute atomic E-state index is 13.6. The number of carbonyl (C=O) groups excluding carboxylic acids is 1. The van der Waals surface area contributed by atoms with Crippen molar-refractivity contribution in [1.29, 1.82) is 0 Å². The second kappa shape index (κ2) is 9.34. The highest BCUT2D eigenvalue weighted by molar-refractivity contribution is 6.06. The Morgan fingerprint density at radius 1 is 1.08 bits per heavy atom. The van der Waals surface area contributed by atoms with Gasteiger partial charge in [-0.25, -0.2) is 4.68 Å². The fourth-order valence-corrected chi connectivity index (χ4v) is 4.21. The number of carbonyl (C=O) groups is 1. The van der Waals surface area contributed by atoms with Crippen molar-refractivity contribution in [2.75, 3.05) is 17.7 Å². The van der Waals surface area contributed by atoms with Crippen molar-refractivity contribution >= 4 is 23.2 Å². The summed E-state index contributed by atoms with van der Waals surface area (Å²) in [6.07, 6.45) is 0. The van der Waals surface area contributed by atoms with Crippen LogP contribution in [0.5, 0.6) is 5.75 Å². The molecule has 0 fully saturated rings. The molecular formula is C26H22N6O4. The molecule has 1 aliphatic rings. The van der Waals surface area contributed by atoms with Gasteiger partial charge in [-0.3, -0.25) is 14.9 Å². The molecule has 4 aromatic rings. The molecule has 1 aromatic heterocycles. The lowest BCUT2D eigenvalue weighted by molar-refractivity contribution is -0.384. The van der Waals surface area contributed by atoms with Crippen molar-refractivity contribution in [2.45, 2.75) is 13.0 Å². The number of hydrogen-bond acceptors (Lipinski definition) is 7. The summed E-state index contributed by atoms with van der Waals surface area (Å²) in [5, 5.41) is 22.1. The van der Waals surface area contributed by atoms with Crippen molar-refractivity contribution in [3.05, 3.63) is 106 Å². The highest BCUT2D eigenvalue weighted by Crippen LogP contribution is 2.37. The van der Waals surface area contributed by atoms with Crippen LogP contribution < -0.4 is 15.4 Å². The molecule has 10 heteroatoms. The van der Waals surface area contributed by atoms with Gasteiger partial charge in [0.05, 0.1) is 23.3 Å². The van der Waals surface area contributed by atoms with Crippen LogP contribution in [-0.2, 0) is 4.79 Å². The summed E-state index contributed by atoms with van der Waals surface area (Å²) < 4.78 is 7.02. The lowest BCUT2D eigenvalue weighted by atomic mass is 9.95. The Kier molecular flexibility index (Phi) is 5.91. The summed E-state index contributed by atoms with van der Waals surface area (Å²) >= 11 is 0. The Labute approximate surface area is 206 Å². The molecule has 1 unspecified atom stereocenters. The maximum Gasteiger partial charge on any atom is 0.270 e. The second-order valence-corrected chi connectivity index (χ2v) is 8.14. The first-order valence-electron chi connectivity index (χ1n) is 11.1. The summed E-state index contributed by atoms with van der Waals surface area (Å²) in [7, 11) is 1.54. The minimum Gasteiger partial charge on any atom is -0.495 e. The molecule has 0 saturated heterocycles. The Morgan fingerprint density at radius 2 is 1.83 bits per heavy atom. The van der Waals surface area contributed by atoms with Crippen LogP contribution in [0.2, 0.25) is 0 Å². The Morgan fingerprint density at radius 3 is 2.58 bits per heavy atom. The monoisotopic (exact) mass is 482 g/mol. The van der Waals surface area contributed by atoms with E-state index in [-0.39, 0.29) is 11.6 Å². The number of allylic oxidation sites excluding steroid dienone is 1. The number of nitrogens with one attached hydrogen (secondary N) is 2. The van der Waals surface area contributed by atoms with E-state index in [0.717, 1.165) is 5.56 Å². The van der Waals surface area contributed by atoms with Crippen LogP contribution in [0.4, 0.5) is 17.3 Å². The van der Waals surface area contributed by atoms with E-state index in [1.165, 1.54) is 12.1 Å². The van der Waals surface area contributed by atoms with Crippen molar-refractivity contribution in [3.8, 4) is 17.1 Å². The zero-order chi connectivity index (χ0) is 25.2. The van der Waals surface area contributed by atoms with Crippen LogP contribution in [0.15, 0.2) is 90.1 Å². The van der Waals surface area contributed by atoms with Crippen LogP contribution >= 0.6 is 0 Å². The number of aromatic nitrogens is 3. The van der Waals surface area contributed by atoms with Crippen molar-refractivity contribution in [2.24, 2.45) is 0 Å². The maximum atomic E-state index is 13.6. The van der Waals surface area contributed by atoms with Crippen molar-refractivity contribution in [1.82, 2.24) is 14.8 Å². The van der Waals surface area contributed by atoms with Gasteiger partial charge in [-0.2, -0.15) is 4.98 Å². The number of methoxy groups -OCH3 is 1. The third-order valence-electron chi connectivity index (χ3n) is 5.88. The zero-order valence-electron chi connectivity index (χ0n) is 19.5. The highest BCUT2D eigenvalue weighted by atomic mass is 16.6. The van der Waals surface area contributed by atoms with E-state index in [2.05, 4.69) is 20.7 Å². The molecule has 2 heterocycles. The predicted molar refractivity (Wildman–Crippen MR) is 135 cm³/mol. The molecule has 5 rings (SSSR count). The molecule has 0 spiro atoms. The fourth-order valence-electron chi connectivity index (χ4n) is 4.21. The van der Waals surface area contributed by atoms with Gasteiger partial charge in [-0.05, 0) is 24.6 Å². The topological polar surface area (TPSA) is 124 Å². The summed E-state index contributed by atoms with van der Waals surface area (Å²) in [4.78, 5) is 29.0. The first-order valence-corrected chi connectivity index (χ1v) is 11.1. The summed E-state index contributed by atoms with van der Waals surface area (Å²) in [5.41, 5.74) is 2.88. The van der Waals surface area contributed by atoms with Gasteiger partial charge in [0.25, 0.3) is 11.6 Å². The minimum atomic E-state index is -0.586. The third-order valence-corrected chi connectivity index (χ3v) is 5.88. The first kappa shape index (κ1) is 22.8. The summed E-state index contributed by atoms with van der Waals surface area (Å²) in [6.45, 7) is 1.80. The molecule has 0 radical (unpaired) electrons. The SMILES string of the molecule is COc1ccccc1NC(=O)C1=C(C)Nc2nc(-c3cccc([N+](=O)[O-])c3)nn2C1c1ccccc1.